The molecule has 0 aliphatic carbocycles. The van der Waals surface area contributed by atoms with Gasteiger partial charge in [-0.1, -0.05) is 60.7 Å². The molecule has 3 aromatic carbocycles. The normalized spacial score (nSPS) is 10.9. The lowest BCUT2D eigenvalue weighted by Gasteiger charge is -2.10. The van der Waals surface area contributed by atoms with Crippen molar-refractivity contribution in [3.63, 3.8) is 0 Å². The maximum Gasteiger partial charge on any atom is 0.252 e. The van der Waals surface area contributed by atoms with Gasteiger partial charge in [-0.2, -0.15) is 5.10 Å². The number of aromatic nitrogens is 3. The smallest absolute Gasteiger partial charge is 0.252 e. The molecule has 0 unspecified atom stereocenters. The van der Waals surface area contributed by atoms with Gasteiger partial charge in [-0.25, -0.2) is 4.98 Å². The van der Waals surface area contributed by atoms with E-state index in [0.29, 0.717) is 35.4 Å². The summed E-state index contributed by atoms with van der Waals surface area (Å²) in [6.45, 7) is 3.09. The van der Waals surface area contributed by atoms with Crippen LogP contribution in [-0.2, 0) is 6.42 Å². The summed E-state index contributed by atoms with van der Waals surface area (Å²) in [5.41, 5.74) is 5.51. The molecule has 0 fully saturated rings. The van der Waals surface area contributed by atoms with Crippen LogP contribution < -0.4 is 10.1 Å². The van der Waals surface area contributed by atoms with Crippen LogP contribution in [0.2, 0.25) is 0 Å². The van der Waals surface area contributed by atoms with E-state index >= 15 is 0 Å². The Morgan fingerprint density at radius 3 is 2.34 bits per heavy atom. The highest BCUT2D eigenvalue weighted by atomic mass is 16.5. The van der Waals surface area contributed by atoms with E-state index in [1.54, 1.807) is 0 Å². The van der Waals surface area contributed by atoms with Crippen molar-refractivity contribution < 1.29 is 9.53 Å². The minimum Gasteiger partial charge on any atom is -0.494 e. The third-order valence-corrected chi connectivity index (χ3v) is 5.83. The summed E-state index contributed by atoms with van der Waals surface area (Å²) in [5.74, 6) is 0.640. The Morgan fingerprint density at radius 2 is 1.63 bits per heavy atom. The molecule has 1 amide bonds. The average molecular weight is 463 g/mol. The fourth-order valence-corrected chi connectivity index (χ4v) is 4.11. The molecular formula is C29H26N4O2. The van der Waals surface area contributed by atoms with Crippen LogP contribution in [0.3, 0.4) is 0 Å². The van der Waals surface area contributed by atoms with Crippen molar-refractivity contribution in [3.8, 4) is 28.3 Å². The zero-order valence-corrected chi connectivity index (χ0v) is 19.5. The number of pyridine rings is 1. The number of nitrogens with one attached hydrogen (secondary N) is 2. The summed E-state index contributed by atoms with van der Waals surface area (Å²) >= 11 is 0. The Hall–Kier alpha value is -4.45. The molecule has 5 rings (SSSR count). The zero-order chi connectivity index (χ0) is 24.0. The van der Waals surface area contributed by atoms with Crippen molar-refractivity contribution >= 4 is 16.9 Å². The SMILES string of the molecule is CCOc1ccc(-c2cc(C(=O)NCCc3ccccc3)c3c(-c4ccccc4)[nH]nc3n2)cc1. The number of fused-ring (bicyclic) bond motifs is 1. The minimum absolute atomic E-state index is 0.154. The molecule has 0 spiro atoms. The fraction of sp³-hybridized carbons (Fsp3) is 0.138. The summed E-state index contributed by atoms with van der Waals surface area (Å²) in [6.07, 6.45) is 0.753. The van der Waals surface area contributed by atoms with Gasteiger partial charge in [-0.05, 0) is 49.2 Å². The van der Waals surface area contributed by atoms with Crippen molar-refractivity contribution in [2.24, 2.45) is 0 Å². The lowest BCUT2D eigenvalue weighted by atomic mass is 10.0. The molecule has 174 valence electrons. The van der Waals surface area contributed by atoms with Crippen molar-refractivity contribution in [2.75, 3.05) is 13.2 Å². The highest BCUT2D eigenvalue weighted by Gasteiger charge is 2.20. The number of H-pyrrole nitrogens is 1. The molecule has 6 heteroatoms. The second-order valence-corrected chi connectivity index (χ2v) is 8.17. The molecule has 0 saturated carbocycles. The Bertz CT molecular complexity index is 1430. The standard InChI is InChI=1S/C29H26N4O2/c1-2-35-23-15-13-21(14-16-23)25-19-24(29(34)30-18-17-20-9-5-3-6-10-20)26-27(32-33-28(26)31-25)22-11-7-4-8-12-22/h3-16,19H,2,17-18H2,1H3,(H,30,34)(H,31,32,33). The van der Waals surface area contributed by atoms with Crippen LogP contribution in [0, 0.1) is 0 Å². The molecule has 0 radical (unpaired) electrons. The number of amides is 1. The average Bonchev–Trinajstić information content (AvgIpc) is 3.34. The number of nitrogens with zero attached hydrogens (tertiary/aromatic N) is 2. The van der Waals surface area contributed by atoms with Gasteiger partial charge in [-0.15, -0.1) is 0 Å². The van der Waals surface area contributed by atoms with Gasteiger partial charge in [-0.3, -0.25) is 9.89 Å². The Kier molecular flexibility index (Phi) is 6.52. The Labute approximate surface area is 204 Å². The second kappa shape index (κ2) is 10.2. The van der Waals surface area contributed by atoms with E-state index in [9.17, 15) is 4.79 Å². The van der Waals surface area contributed by atoms with Crippen molar-refractivity contribution in [2.45, 2.75) is 13.3 Å². The van der Waals surface area contributed by atoms with Crippen LogP contribution in [0.15, 0.2) is 91.0 Å². The second-order valence-electron chi connectivity index (χ2n) is 8.17. The maximum absolute atomic E-state index is 13.5. The quantitative estimate of drug-likeness (QED) is 0.312. The van der Waals surface area contributed by atoms with Gasteiger partial charge in [0.05, 0.1) is 28.9 Å². The number of ether oxygens (including phenoxy) is 1. The monoisotopic (exact) mass is 462 g/mol. The third-order valence-electron chi connectivity index (χ3n) is 5.83. The summed E-state index contributed by atoms with van der Waals surface area (Å²) in [4.78, 5) is 18.2. The first-order valence-electron chi connectivity index (χ1n) is 11.7. The van der Waals surface area contributed by atoms with E-state index in [1.807, 2.05) is 85.8 Å². The van der Waals surface area contributed by atoms with E-state index < -0.39 is 0 Å². The molecule has 5 aromatic rings. The number of hydrogen-bond donors (Lipinski definition) is 2. The number of rotatable bonds is 8. The van der Waals surface area contributed by atoms with Crippen LogP contribution in [0.5, 0.6) is 5.75 Å². The largest absolute Gasteiger partial charge is 0.494 e. The van der Waals surface area contributed by atoms with Crippen molar-refractivity contribution in [1.82, 2.24) is 20.5 Å². The molecule has 2 heterocycles. The number of carbonyl (C=O) groups is 1. The molecule has 6 nitrogen and oxygen atoms in total. The molecule has 0 saturated heterocycles. The van der Waals surface area contributed by atoms with Gasteiger partial charge in [0.2, 0.25) is 0 Å². The first-order chi connectivity index (χ1) is 17.2. The van der Waals surface area contributed by atoms with E-state index in [4.69, 9.17) is 9.72 Å². The fourth-order valence-electron chi connectivity index (χ4n) is 4.11. The predicted molar refractivity (Wildman–Crippen MR) is 138 cm³/mol. The summed E-state index contributed by atoms with van der Waals surface area (Å²) < 4.78 is 5.56. The lowest BCUT2D eigenvalue weighted by molar-refractivity contribution is 0.0955. The van der Waals surface area contributed by atoms with Gasteiger partial charge in [0.25, 0.3) is 5.91 Å². The Balaban J connectivity index is 1.52. The molecule has 2 N–H and O–H groups in total. The van der Waals surface area contributed by atoms with E-state index in [0.717, 1.165) is 29.0 Å². The summed E-state index contributed by atoms with van der Waals surface area (Å²) in [6, 6.07) is 29.5. The molecule has 2 aromatic heterocycles. The lowest BCUT2D eigenvalue weighted by Crippen LogP contribution is -2.26. The van der Waals surface area contributed by atoms with Crippen LogP contribution >= 0.6 is 0 Å². The molecule has 0 aliphatic rings. The molecule has 35 heavy (non-hydrogen) atoms. The minimum atomic E-state index is -0.154. The Morgan fingerprint density at radius 1 is 0.914 bits per heavy atom. The van der Waals surface area contributed by atoms with Gasteiger partial charge in [0, 0.05) is 17.7 Å². The van der Waals surface area contributed by atoms with Crippen LogP contribution in [0.1, 0.15) is 22.8 Å². The third kappa shape index (κ3) is 4.92. The molecule has 0 aliphatic heterocycles. The van der Waals surface area contributed by atoms with Crippen molar-refractivity contribution in [3.05, 3.63) is 102 Å². The zero-order valence-electron chi connectivity index (χ0n) is 19.5. The molecular weight excluding hydrogens is 436 g/mol. The first-order valence-corrected chi connectivity index (χ1v) is 11.7. The van der Waals surface area contributed by atoms with Gasteiger partial charge >= 0.3 is 0 Å². The van der Waals surface area contributed by atoms with Crippen LogP contribution in [-0.4, -0.2) is 34.2 Å². The highest BCUT2D eigenvalue weighted by Crippen LogP contribution is 2.31. The number of benzene rings is 3. The number of carbonyl (C=O) groups excluding carboxylic acids is 1. The first kappa shape index (κ1) is 22.3. The van der Waals surface area contributed by atoms with Crippen LogP contribution in [0.25, 0.3) is 33.5 Å². The van der Waals surface area contributed by atoms with E-state index in [2.05, 4.69) is 27.6 Å². The van der Waals surface area contributed by atoms with E-state index in [1.165, 1.54) is 5.56 Å². The molecule has 0 atom stereocenters. The highest BCUT2D eigenvalue weighted by molar-refractivity contribution is 6.11. The topological polar surface area (TPSA) is 79.9 Å². The van der Waals surface area contributed by atoms with Gasteiger partial charge < -0.3 is 10.1 Å². The van der Waals surface area contributed by atoms with E-state index in [-0.39, 0.29) is 5.91 Å². The summed E-state index contributed by atoms with van der Waals surface area (Å²) in [5, 5.41) is 11.4. The number of hydrogen-bond acceptors (Lipinski definition) is 4. The maximum atomic E-state index is 13.5. The van der Waals surface area contributed by atoms with Crippen LogP contribution in [0.4, 0.5) is 0 Å². The predicted octanol–water partition coefficient (Wildman–Crippen LogP) is 5.66. The van der Waals surface area contributed by atoms with Crippen molar-refractivity contribution in [1.29, 1.82) is 0 Å². The molecule has 0 bridgehead atoms. The number of aromatic amines is 1. The summed E-state index contributed by atoms with van der Waals surface area (Å²) in [7, 11) is 0. The van der Waals surface area contributed by atoms with Gasteiger partial charge in [0.1, 0.15) is 5.75 Å². The van der Waals surface area contributed by atoms with Gasteiger partial charge in [0.15, 0.2) is 5.65 Å².